The zero-order valence-corrected chi connectivity index (χ0v) is 20.3. The average molecular weight is 523 g/mol. The SMILES string of the molecule is C[C@H](OC(=O)c1ccccc1Sc1ccc(C(F)(F)F)cc1[N+](=O)[O-])C(=O)NCCC1=CCCCC1. The average Bonchev–Trinajstić information content (AvgIpc) is 2.84. The lowest BCUT2D eigenvalue weighted by Crippen LogP contribution is -2.36. The summed E-state index contributed by atoms with van der Waals surface area (Å²) in [6.07, 6.45) is 1.48. The number of nitrogens with zero attached hydrogens (tertiary/aromatic N) is 1. The van der Waals surface area contributed by atoms with Crippen molar-refractivity contribution in [1.29, 1.82) is 0 Å². The highest BCUT2D eigenvalue weighted by molar-refractivity contribution is 7.99. The number of rotatable bonds is 9. The predicted molar refractivity (Wildman–Crippen MR) is 128 cm³/mol. The maximum Gasteiger partial charge on any atom is 0.416 e. The lowest BCUT2D eigenvalue weighted by molar-refractivity contribution is -0.388. The zero-order chi connectivity index (χ0) is 26.3. The van der Waals surface area contributed by atoms with Gasteiger partial charge in [0.2, 0.25) is 0 Å². The number of nitro benzene ring substituents is 1. The van der Waals surface area contributed by atoms with Crippen LogP contribution in [0.4, 0.5) is 18.9 Å². The first-order valence-electron chi connectivity index (χ1n) is 11.4. The molecule has 0 aliphatic heterocycles. The molecule has 1 aliphatic rings. The van der Waals surface area contributed by atoms with Crippen molar-refractivity contribution in [2.24, 2.45) is 0 Å². The molecule has 11 heteroatoms. The number of allylic oxidation sites excluding steroid dienone is 1. The summed E-state index contributed by atoms with van der Waals surface area (Å²) in [5.41, 5.74) is -0.553. The monoisotopic (exact) mass is 522 g/mol. The van der Waals surface area contributed by atoms with Crippen LogP contribution in [0.1, 0.15) is 54.9 Å². The van der Waals surface area contributed by atoms with Crippen LogP contribution in [0.3, 0.4) is 0 Å². The number of benzene rings is 2. The Hall–Kier alpha value is -3.34. The summed E-state index contributed by atoms with van der Waals surface area (Å²) >= 11 is 0.765. The number of carbonyl (C=O) groups excluding carboxylic acids is 2. The van der Waals surface area contributed by atoms with Crippen LogP contribution in [0, 0.1) is 10.1 Å². The van der Waals surface area contributed by atoms with E-state index in [-0.39, 0.29) is 15.4 Å². The molecule has 0 saturated carbocycles. The fraction of sp³-hybridized carbons (Fsp3) is 0.360. The topological polar surface area (TPSA) is 98.5 Å². The Morgan fingerprint density at radius 1 is 1.17 bits per heavy atom. The molecule has 1 atom stereocenters. The van der Waals surface area contributed by atoms with Crippen molar-refractivity contribution in [1.82, 2.24) is 5.32 Å². The van der Waals surface area contributed by atoms with E-state index in [0.717, 1.165) is 49.6 Å². The highest BCUT2D eigenvalue weighted by Gasteiger charge is 2.33. The smallest absolute Gasteiger partial charge is 0.416 e. The summed E-state index contributed by atoms with van der Waals surface area (Å²) in [7, 11) is 0. The largest absolute Gasteiger partial charge is 0.449 e. The Labute approximate surface area is 210 Å². The minimum atomic E-state index is -4.74. The number of hydrogen-bond donors (Lipinski definition) is 1. The Kier molecular flexibility index (Phi) is 9.14. The molecule has 0 saturated heterocycles. The van der Waals surface area contributed by atoms with E-state index in [2.05, 4.69) is 11.4 Å². The van der Waals surface area contributed by atoms with Gasteiger partial charge in [-0.15, -0.1) is 0 Å². The van der Waals surface area contributed by atoms with E-state index in [4.69, 9.17) is 4.74 Å². The number of halogens is 3. The van der Waals surface area contributed by atoms with Gasteiger partial charge < -0.3 is 10.1 Å². The van der Waals surface area contributed by atoms with Crippen LogP contribution < -0.4 is 5.32 Å². The Morgan fingerprint density at radius 3 is 2.58 bits per heavy atom. The minimum Gasteiger partial charge on any atom is -0.449 e. The third-order valence-corrected chi connectivity index (χ3v) is 6.73. The predicted octanol–water partition coefficient (Wildman–Crippen LogP) is 6.32. The van der Waals surface area contributed by atoms with Crippen LogP contribution in [0.25, 0.3) is 0 Å². The van der Waals surface area contributed by atoms with Gasteiger partial charge >= 0.3 is 12.1 Å². The van der Waals surface area contributed by atoms with E-state index in [1.54, 1.807) is 12.1 Å². The Balaban J connectivity index is 1.68. The van der Waals surface area contributed by atoms with Crippen molar-refractivity contribution < 1.29 is 32.4 Å². The molecule has 0 radical (unpaired) electrons. The number of amides is 1. The van der Waals surface area contributed by atoms with E-state index in [1.807, 2.05) is 0 Å². The van der Waals surface area contributed by atoms with Crippen LogP contribution in [-0.2, 0) is 15.7 Å². The molecule has 2 aromatic carbocycles. The molecule has 1 N–H and O–H groups in total. The molecule has 0 bridgehead atoms. The summed E-state index contributed by atoms with van der Waals surface area (Å²) in [4.78, 5) is 35.8. The van der Waals surface area contributed by atoms with Gasteiger partial charge in [0.05, 0.1) is 20.9 Å². The van der Waals surface area contributed by atoms with Gasteiger partial charge in [-0.05, 0) is 63.3 Å². The summed E-state index contributed by atoms with van der Waals surface area (Å²) in [6, 6.07) is 8.22. The van der Waals surface area contributed by atoms with Crippen LogP contribution in [-0.4, -0.2) is 29.4 Å². The van der Waals surface area contributed by atoms with Crippen LogP contribution >= 0.6 is 11.8 Å². The van der Waals surface area contributed by atoms with E-state index >= 15 is 0 Å². The molecule has 0 unspecified atom stereocenters. The molecule has 1 aliphatic carbocycles. The second-order valence-corrected chi connectivity index (χ2v) is 9.32. The molecule has 0 fully saturated rings. The quantitative estimate of drug-likeness (QED) is 0.179. The Bertz CT molecular complexity index is 1170. The molecule has 0 heterocycles. The van der Waals surface area contributed by atoms with Gasteiger partial charge in [0, 0.05) is 17.5 Å². The van der Waals surface area contributed by atoms with Gasteiger partial charge in [0.1, 0.15) is 0 Å². The molecule has 2 aromatic rings. The zero-order valence-electron chi connectivity index (χ0n) is 19.5. The van der Waals surface area contributed by atoms with Crippen molar-refractivity contribution in [2.45, 2.75) is 61.1 Å². The fourth-order valence-corrected chi connectivity index (χ4v) is 4.68. The standard InChI is InChI=1S/C25H25F3N2O5S/c1-16(23(31)29-14-13-17-7-3-2-4-8-17)35-24(32)19-9-5-6-10-21(19)36-22-12-11-18(25(26,27)28)15-20(22)30(33)34/h5-7,9-12,15-16H,2-4,8,13-14H2,1H3,(H,29,31)/t16-/m0/s1. The van der Waals surface area contributed by atoms with E-state index < -0.39 is 40.3 Å². The number of esters is 1. The minimum absolute atomic E-state index is 0.0312. The normalized spacial score (nSPS) is 14.5. The van der Waals surface area contributed by atoms with Gasteiger partial charge in [0.15, 0.2) is 6.10 Å². The molecular weight excluding hydrogens is 497 g/mol. The highest BCUT2D eigenvalue weighted by atomic mass is 32.2. The van der Waals surface area contributed by atoms with E-state index in [0.29, 0.717) is 12.6 Å². The van der Waals surface area contributed by atoms with Gasteiger partial charge in [-0.25, -0.2) is 4.79 Å². The third-order valence-electron chi connectivity index (χ3n) is 5.59. The number of ether oxygens (including phenoxy) is 1. The van der Waals surface area contributed by atoms with E-state index in [9.17, 15) is 32.9 Å². The fourth-order valence-electron chi connectivity index (χ4n) is 3.66. The van der Waals surface area contributed by atoms with Crippen molar-refractivity contribution in [2.75, 3.05) is 6.54 Å². The molecule has 192 valence electrons. The lowest BCUT2D eigenvalue weighted by atomic mass is 9.97. The van der Waals surface area contributed by atoms with E-state index in [1.165, 1.54) is 31.1 Å². The number of nitrogens with one attached hydrogen (secondary N) is 1. The van der Waals surface area contributed by atoms with Crippen molar-refractivity contribution in [3.8, 4) is 0 Å². The first kappa shape index (κ1) is 27.3. The number of hydrogen-bond acceptors (Lipinski definition) is 6. The number of alkyl halides is 3. The third kappa shape index (κ3) is 7.33. The second kappa shape index (κ2) is 12.1. The molecule has 36 heavy (non-hydrogen) atoms. The summed E-state index contributed by atoms with van der Waals surface area (Å²) < 4.78 is 44.3. The van der Waals surface area contributed by atoms with Crippen molar-refractivity contribution >= 4 is 29.3 Å². The van der Waals surface area contributed by atoms with Gasteiger partial charge in [-0.3, -0.25) is 14.9 Å². The van der Waals surface area contributed by atoms with Gasteiger partial charge in [0.25, 0.3) is 11.6 Å². The first-order chi connectivity index (χ1) is 17.1. The summed E-state index contributed by atoms with van der Waals surface area (Å²) in [6.45, 7) is 1.86. The number of carbonyl (C=O) groups is 2. The van der Waals surface area contributed by atoms with Crippen molar-refractivity contribution in [3.63, 3.8) is 0 Å². The molecule has 0 aromatic heterocycles. The molecule has 1 amide bonds. The van der Waals surface area contributed by atoms with Gasteiger partial charge in [-0.1, -0.05) is 35.5 Å². The lowest BCUT2D eigenvalue weighted by Gasteiger charge is -2.16. The molecule has 7 nitrogen and oxygen atoms in total. The molecule has 3 rings (SSSR count). The van der Waals surface area contributed by atoms with Gasteiger partial charge in [-0.2, -0.15) is 13.2 Å². The molecular formula is C25H25F3N2O5S. The number of nitro groups is 1. The first-order valence-corrected chi connectivity index (χ1v) is 12.2. The maximum absolute atomic E-state index is 13.0. The second-order valence-electron chi connectivity index (χ2n) is 8.23. The maximum atomic E-state index is 13.0. The van der Waals surface area contributed by atoms with Crippen LogP contribution in [0.2, 0.25) is 0 Å². The summed E-state index contributed by atoms with van der Waals surface area (Å²) in [5, 5.41) is 14.2. The Morgan fingerprint density at radius 2 is 1.92 bits per heavy atom. The molecule has 0 spiro atoms. The van der Waals surface area contributed by atoms with Crippen molar-refractivity contribution in [3.05, 3.63) is 75.4 Å². The summed E-state index contributed by atoms with van der Waals surface area (Å²) in [5.74, 6) is -1.28. The van der Waals surface area contributed by atoms with Crippen LogP contribution in [0.15, 0.2) is 63.9 Å². The highest BCUT2D eigenvalue weighted by Crippen LogP contribution is 2.40. The van der Waals surface area contributed by atoms with Crippen LogP contribution in [0.5, 0.6) is 0 Å².